The first-order valence-electron chi connectivity index (χ1n) is 8.86. The average molecular weight is 439 g/mol. The molecule has 0 saturated heterocycles. The number of nitrogens with zero attached hydrogens (tertiary/aromatic N) is 3. The van der Waals surface area contributed by atoms with Crippen LogP contribution in [0.15, 0.2) is 59.3 Å². The predicted molar refractivity (Wildman–Crippen MR) is 113 cm³/mol. The summed E-state index contributed by atoms with van der Waals surface area (Å²) in [6, 6.07) is 15.4. The van der Waals surface area contributed by atoms with E-state index in [2.05, 4.69) is 59.8 Å². The highest BCUT2D eigenvalue weighted by Crippen LogP contribution is 2.30. The summed E-state index contributed by atoms with van der Waals surface area (Å²) in [6.45, 7) is 1.56. The van der Waals surface area contributed by atoms with Crippen molar-refractivity contribution in [3.63, 3.8) is 0 Å². The number of nitrogen functional groups attached to an aromatic ring is 1. The molecule has 1 aromatic heterocycles. The van der Waals surface area contributed by atoms with Crippen molar-refractivity contribution in [2.24, 2.45) is 0 Å². The number of halogens is 1. The van der Waals surface area contributed by atoms with Gasteiger partial charge in [-0.15, -0.1) is 0 Å². The summed E-state index contributed by atoms with van der Waals surface area (Å²) >= 11 is 3.35. The molecule has 8 heteroatoms. The maximum atomic E-state index is 12.3. The Morgan fingerprint density at radius 1 is 1.07 bits per heavy atom. The number of amides is 1. The Hall–Kier alpha value is -3.13. The van der Waals surface area contributed by atoms with Gasteiger partial charge in [-0.1, -0.05) is 40.2 Å². The number of nitrogens with two attached hydrogens (primary N) is 1. The minimum absolute atomic E-state index is 0.279. The third-order valence-electron chi connectivity index (χ3n) is 4.69. The topological polar surface area (TPSA) is 96.2 Å². The van der Waals surface area contributed by atoms with E-state index in [-0.39, 0.29) is 5.91 Å². The van der Waals surface area contributed by atoms with Crippen LogP contribution in [0.3, 0.4) is 0 Å². The first kappa shape index (κ1) is 18.2. The molecule has 7 nitrogen and oxygen atoms in total. The summed E-state index contributed by atoms with van der Waals surface area (Å²) in [5.41, 5.74) is 15.3. The van der Waals surface area contributed by atoms with Crippen molar-refractivity contribution >= 4 is 39.2 Å². The molecule has 0 aliphatic carbocycles. The summed E-state index contributed by atoms with van der Waals surface area (Å²) in [6.07, 6.45) is 2.38. The molecule has 0 unspecified atom stereocenters. The monoisotopic (exact) mass is 438 g/mol. The zero-order chi connectivity index (χ0) is 19.5. The highest BCUT2D eigenvalue weighted by Gasteiger charge is 2.20. The summed E-state index contributed by atoms with van der Waals surface area (Å²) in [5, 5.41) is 0. The largest absolute Gasteiger partial charge is 0.393 e. The fourth-order valence-corrected chi connectivity index (χ4v) is 3.47. The Morgan fingerprint density at radius 3 is 2.61 bits per heavy atom. The van der Waals surface area contributed by atoms with Gasteiger partial charge in [0.1, 0.15) is 12.0 Å². The Morgan fingerprint density at radius 2 is 1.82 bits per heavy atom. The van der Waals surface area contributed by atoms with E-state index in [4.69, 9.17) is 5.73 Å². The molecule has 0 spiro atoms. The first-order valence-corrected chi connectivity index (χ1v) is 9.65. The highest BCUT2D eigenvalue weighted by molar-refractivity contribution is 9.10. The van der Waals surface area contributed by atoms with Crippen molar-refractivity contribution in [1.29, 1.82) is 0 Å². The van der Waals surface area contributed by atoms with E-state index in [1.165, 1.54) is 17.5 Å². The number of hydrazine groups is 1. The lowest BCUT2D eigenvalue weighted by Crippen LogP contribution is -2.33. The maximum absolute atomic E-state index is 12.3. The standard InChI is InChI=1S/C20H19BrN6O/c21-16-7-5-14(6-8-16)20(28)26-25-18-17(22)19(24-12-23-18)27-10-9-13-3-1-2-4-15(13)11-27/h1-8,12H,9-11,22H2,(H,26,28)(H,23,24,25). The Balaban J connectivity index is 1.48. The molecule has 4 N–H and O–H groups in total. The van der Waals surface area contributed by atoms with Crippen LogP contribution < -0.4 is 21.5 Å². The number of aromatic nitrogens is 2. The van der Waals surface area contributed by atoms with Crippen LogP contribution in [0.1, 0.15) is 21.5 Å². The molecule has 0 radical (unpaired) electrons. The maximum Gasteiger partial charge on any atom is 0.269 e. The summed E-state index contributed by atoms with van der Waals surface area (Å²) in [7, 11) is 0. The SMILES string of the molecule is Nc1c(NNC(=O)c2ccc(Br)cc2)ncnc1N1CCc2ccccc2C1. The highest BCUT2D eigenvalue weighted by atomic mass is 79.9. The van der Waals surface area contributed by atoms with E-state index >= 15 is 0 Å². The summed E-state index contributed by atoms with van der Waals surface area (Å²) < 4.78 is 0.907. The lowest BCUT2D eigenvalue weighted by atomic mass is 10.00. The van der Waals surface area contributed by atoms with Crippen LogP contribution in [0.25, 0.3) is 0 Å². The van der Waals surface area contributed by atoms with Crippen molar-refractivity contribution < 1.29 is 4.79 Å². The molecular formula is C20H19BrN6O. The number of carbonyl (C=O) groups is 1. The number of nitrogens with one attached hydrogen (secondary N) is 2. The van der Waals surface area contributed by atoms with Gasteiger partial charge in [0.05, 0.1) is 0 Å². The van der Waals surface area contributed by atoms with Gasteiger partial charge in [-0.2, -0.15) is 0 Å². The Bertz CT molecular complexity index is 1010. The van der Waals surface area contributed by atoms with Crippen molar-refractivity contribution in [3.05, 3.63) is 76.0 Å². The zero-order valence-electron chi connectivity index (χ0n) is 15.0. The summed E-state index contributed by atoms with van der Waals surface area (Å²) in [4.78, 5) is 22.9. The molecule has 0 bridgehead atoms. The molecule has 4 rings (SSSR count). The van der Waals surface area contributed by atoms with E-state index in [1.54, 1.807) is 24.3 Å². The van der Waals surface area contributed by atoms with Crippen molar-refractivity contribution in [2.45, 2.75) is 13.0 Å². The average Bonchev–Trinajstić information content (AvgIpc) is 2.73. The van der Waals surface area contributed by atoms with Crippen LogP contribution >= 0.6 is 15.9 Å². The lowest BCUT2D eigenvalue weighted by Gasteiger charge is -2.30. The molecule has 0 saturated carbocycles. The molecule has 28 heavy (non-hydrogen) atoms. The molecule has 0 atom stereocenters. The third-order valence-corrected chi connectivity index (χ3v) is 5.22. The molecule has 2 heterocycles. The van der Waals surface area contributed by atoms with E-state index in [0.717, 1.165) is 24.0 Å². The number of fused-ring (bicyclic) bond motifs is 1. The van der Waals surface area contributed by atoms with Crippen molar-refractivity contribution in [2.75, 3.05) is 22.6 Å². The summed E-state index contributed by atoms with van der Waals surface area (Å²) in [5.74, 6) is 0.748. The quantitative estimate of drug-likeness (QED) is 0.541. The minimum atomic E-state index is -0.279. The zero-order valence-corrected chi connectivity index (χ0v) is 16.6. The number of hydrogen-bond acceptors (Lipinski definition) is 6. The molecule has 1 aliphatic heterocycles. The van der Waals surface area contributed by atoms with E-state index in [1.807, 2.05) is 6.07 Å². The lowest BCUT2D eigenvalue weighted by molar-refractivity contribution is 0.0962. The Labute approximate surface area is 171 Å². The van der Waals surface area contributed by atoms with Gasteiger partial charge in [0.15, 0.2) is 11.6 Å². The van der Waals surface area contributed by atoms with Gasteiger partial charge >= 0.3 is 0 Å². The second kappa shape index (κ2) is 7.85. The van der Waals surface area contributed by atoms with Crippen LogP contribution in [-0.4, -0.2) is 22.4 Å². The van der Waals surface area contributed by atoms with E-state index in [0.29, 0.717) is 22.9 Å². The van der Waals surface area contributed by atoms with Crippen LogP contribution in [-0.2, 0) is 13.0 Å². The Kier molecular flexibility index (Phi) is 5.12. The van der Waals surface area contributed by atoms with Crippen LogP contribution in [0.5, 0.6) is 0 Å². The van der Waals surface area contributed by atoms with Gasteiger partial charge in [-0.25, -0.2) is 9.97 Å². The third kappa shape index (κ3) is 3.77. The molecule has 1 amide bonds. The van der Waals surface area contributed by atoms with Gasteiger partial charge in [0.25, 0.3) is 5.91 Å². The molecular weight excluding hydrogens is 420 g/mol. The number of hydrogen-bond donors (Lipinski definition) is 3. The molecule has 1 aliphatic rings. The van der Waals surface area contributed by atoms with Crippen molar-refractivity contribution in [1.82, 2.24) is 15.4 Å². The molecule has 142 valence electrons. The fourth-order valence-electron chi connectivity index (χ4n) is 3.20. The number of rotatable bonds is 4. The fraction of sp³-hybridized carbons (Fsp3) is 0.150. The number of benzene rings is 2. The van der Waals surface area contributed by atoms with Gasteiger partial charge in [-0.3, -0.25) is 15.6 Å². The molecule has 3 aromatic rings. The van der Waals surface area contributed by atoms with Gasteiger partial charge in [0, 0.05) is 23.1 Å². The van der Waals surface area contributed by atoms with Crippen molar-refractivity contribution in [3.8, 4) is 0 Å². The van der Waals surface area contributed by atoms with E-state index in [9.17, 15) is 4.79 Å². The van der Waals surface area contributed by atoms with Crippen LogP contribution in [0.4, 0.5) is 17.3 Å². The number of anilines is 3. The second-order valence-corrected chi connectivity index (χ2v) is 7.40. The van der Waals surface area contributed by atoms with Crippen LogP contribution in [0.2, 0.25) is 0 Å². The minimum Gasteiger partial charge on any atom is -0.393 e. The molecule has 0 fully saturated rings. The number of carbonyl (C=O) groups excluding carboxylic acids is 1. The van der Waals surface area contributed by atoms with E-state index < -0.39 is 0 Å². The van der Waals surface area contributed by atoms with Crippen LogP contribution in [0, 0.1) is 0 Å². The normalized spacial score (nSPS) is 13.0. The predicted octanol–water partition coefficient (Wildman–Crippen LogP) is 3.14. The van der Waals surface area contributed by atoms with Gasteiger partial charge in [-0.05, 0) is 41.8 Å². The van der Waals surface area contributed by atoms with Gasteiger partial charge < -0.3 is 10.6 Å². The first-order chi connectivity index (χ1) is 13.6. The van der Waals surface area contributed by atoms with Gasteiger partial charge in [0.2, 0.25) is 0 Å². The molecule has 2 aromatic carbocycles. The smallest absolute Gasteiger partial charge is 0.269 e. The second-order valence-electron chi connectivity index (χ2n) is 6.49.